The number of halogens is 4. The number of pyridine rings is 1. The maximum Gasteiger partial charge on any atom is 0.417 e. The van der Waals surface area contributed by atoms with Gasteiger partial charge in [-0.25, -0.2) is 15.0 Å². The van der Waals surface area contributed by atoms with E-state index in [0.29, 0.717) is 12.0 Å². The Morgan fingerprint density at radius 2 is 1.81 bits per heavy atom. The lowest BCUT2D eigenvalue weighted by Crippen LogP contribution is -2.08. The summed E-state index contributed by atoms with van der Waals surface area (Å²) in [6, 6.07) is 0.771. The summed E-state index contributed by atoms with van der Waals surface area (Å²) in [5, 5.41) is 5.21. The zero-order chi connectivity index (χ0) is 15.6. The van der Waals surface area contributed by atoms with Crippen molar-refractivity contribution >= 4 is 34.7 Å². The molecule has 0 aromatic carbocycles. The van der Waals surface area contributed by atoms with Gasteiger partial charge in [-0.1, -0.05) is 11.6 Å². The van der Waals surface area contributed by atoms with Crippen LogP contribution < -0.4 is 16.4 Å². The molecular weight excluding hydrogens is 309 g/mol. The highest BCUT2D eigenvalue weighted by Gasteiger charge is 2.31. The lowest BCUT2D eigenvalue weighted by molar-refractivity contribution is -0.137. The summed E-state index contributed by atoms with van der Waals surface area (Å²) in [5.41, 5.74) is 5.04. The van der Waals surface area contributed by atoms with Crippen LogP contribution in [0.25, 0.3) is 0 Å². The molecular formula is C11H10ClF3N6. The summed E-state index contributed by atoms with van der Waals surface area (Å²) in [5.74, 6) is 0.566. The van der Waals surface area contributed by atoms with Crippen molar-refractivity contribution in [1.29, 1.82) is 0 Å². The minimum Gasteiger partial charge on any atom is -0.393 e. The number of alkyl halides is 3. The quantitative estimate of drug-likeness (QED) is 0.806. The molecule has 112 valence electrons. The zero-order valence-electron chi connectivity index (χ0n) is 10.7. The van der Waals surface area contributed by atoms with Gasteiger partial charge < -0.3 is 16.4 Å². The van der Waals surface area contributed by atoms with E-state index in [1.807, 2.05) is 0 Å². The topological polar surface area (TPSA) is 88.8 Å². The first-order valence-corrected chi connectivity index (χ1v) is 5.98. The van der Waals surface area contributed by atoms with Gasteiger partial charge in [0.25, 0.3) is 0 Å². The van der Waals surface area contributed by atoms with Crippen molar-refractivity contribution in [1.82, 2.24) is 15.0 Å². The molecule has 2 aromatic heterocycles. The number of hydrogen-bond donors (Lipinski definition) is 3. The van der Waals surface area contributed by atoms with Crippen LogP contribution >= 0.6 is 11.6 Å². The zero-order valence-corrected chi connectivity index (χ0v) is 11.4. The number of aromatic nitrogens is 3. The molecule has 0 spiro atoms. The third kappa shape index (κ3) is 3.24. The van der Waals surface area contributed by atoms with Crippen LogP contribution in [0.2, 0.25) is 5.02 Å². The summed E-state index contributed by atoms with van der Waals surface area (Å²) >= 11 is 5.79. The van der Waals surface area contributed by atoms with Crippen LogP contribution in [0, 0.1) is 0 Å². The second-order valence-corrected chi connectivity index (χ2v) is 4.32. The summed E-state index contributed by atoms with van der Waals surface area (Å²) in [6.07, 6.45) is -2.60. The molecule has 0 unspecified atom stereocenters. The lowest BCUT2D eigenvalue weighted by atomic mass is 10.3. The van der Waals surface area contributed by atoms with Gasteiger partial charge >= 0.3 is 6.18 Å². The van der Waals surface area contributed by atoms with Crippen LogP contribution in [0.1, 0.15) is 5.56 Å². The van der Waals surface area contributed by atoms with Crippen LogP contribution in [0.4, 0.5) is 36.3 Å². The van der Waals surface area contributed by atoms with Gasteiger partial charge in [0.2, 0.25) is 0 Å². The van der Waals surface area contributed by atoms with Crippen molar-refractivity contribution in [3.63, 3.8) is 0 Å². The second kappa shape index (κ2) is 5.60. The maximum absolute atomic E-state index is 12.5. The van der Waals surface area contributed by atoms with E-state index in [1.165, 1.54) is 6.33 Å². The maximum atomic E-state index is 12.5. The van der Waals surface area contributed by atoms with Crippen molar-refractivity contribution in [2.24, 2.45) is 0 Å². The molecule has 2 heterocycles. The molecule has 0 aliphatic heterocycles. The normalized spacial score (nSPS) is 11.3. The molecule has 6 nitrogen and oxygen atoms in total. The highest BCUT2D eigenvalue weighted by atomic mass is 35.5. The van der Waals surface area contributed by atoms with Gasteiger partial charge in [-0.3, -0.25) is 0 Å². The van der Waals surface area contributed by atoms with Gasteiger partial charge in [-0.2, -0.15) is 13.2 Å². The van der Waals surface area contributed by atoms with E-state index >= 15 is 0 Å². The Kier molecular flexibility index (Phi) is 4.03. The Morgan fingerprint density at radius 3 is 2.38 bits per heavy atom. The molecule has 0 amide bonds. The Labute approximate surface area is 122 Å². The Hall–Kier alpha value is -2.29. The van der Waals surface area contributed by atoms with Crippen LogP contribution in [-0.2, 0) is 6.18 Å². The Balaban J connectivity index is 2.33. The molecule has 0 saturated heterocycles. The van der Waals surface area contributed by atoms with Crippen molar-refractivity contribution in [3.8, 4) is 0 Å². The van der Waals surface area contributed by atoms with Crippen molar-refractivity contribution < 1.29 is 13.2 Å². The molecule has 0 aliphatic carbocycles. The second-order valence-electron chi connectivity index (χ2n) is 3.91. The molecule has 21 heavy (non-hydrogen) atoms. The molecule has 0 radical (unpaired) electrons. The minimum absolute atomic E-state index is 0.0112. The largest absolute Gasteiger partial charge is 0.417 e. The molecule has 4 N–H and O–H groups in total. The predicted molar refractivity (Wildman–Crippen MR) is 73.5 cm³/mol. The molecule has 0 saturated carbocycles. The lowest BCUT2D eigenvalue weighted by Gasteiger charge is -2.12. The van der Waals surface area contributed by atoms with E-state index in [0.717, 1.165) is 6.07 Å². The Morgan fingerprint density at radius 1 is 1.14 bits per heavy atom. The number of anilines is 4. The molecule has 2 aromatic rings. The van der Waals surface area contributed by atoms with E-state index < -0.39 is 11.7 Å². The average Bonchev–Trinajstić information content (AvgIpc) is 2.42. The fourth-order valence-corrected chi connectivity index (χ4v) is 1.71. The number of hydrogen-bond acceptors (Lipinski definition) is 6. The van der Waals surface area contributed by atoms with Crippen LogP contribution in [0.3, 0.4) is 0 Å². The SMILES string of the molecule is CNc1ncnc(Nc2ncc(C(F)(F)F)cc2Cl)c1N. The first-order chi connectivity index (χ1) is 9.82. The number of nitrogens with one attached hydrogen (secondary N) is 2. The summed E-state index contributed by atoms with van der Waals surface area (Å²) in [4.78, 5) is 11.4. The predicted octanol–water partition coefficient (Wildman–Crippen LogP) is 2.91. The van der Waals surface area contributed by atoms with Crippen molar-refractivity contribution in [3.05, 3.63) is 29.2 Å². The third-order valence-electron chi connectivity index (χ3n) is 2.53. The van der Waals surface area contributed by atoms with E-state index in [9.17, 15) is 13.2 Å². The van der Waals surface area contributed by atoms with Gasteiger partial charge in [0, 0.05) is 13.2 Å². The molecule has 0 atom stereocenters. The average molecular weight is 319 g/mol. The minimum atomic E-state index is -4.51. The fraction of sp³-hybridized carbons (Fsp3) is 0.182. The monoisotopic (exact) mass is 318 g/mol. The number of rotatable bonds is 3. The Bertz CT molecular complexity index is 661. The van der Waals surface area contributed by atoms with Crippen LogP contribution in [0.15, 0.2) is 18.6 Å². The molecule has 0 fully saturated rings. The van der Waals surface area contributed by atoms with Crippen molar-refractivity contribution in [2.75, 3.05) is 23.4 Å². The number of nitrogen functional groups attached to an aromatic ring is 1. The third-order valence-corrected chi connectivity index (χ3v) is 2.81. The standard InChI is InChI=1S/C11H10ClF3N6/c1-17-9-7(16)10(20-4-19-9)21-8-6(12)2-5(3-18-8)11(13,14)15/h2-4H,16H2,1H3,(H2,17,18,19,20,21). The van der Waals surface area contributed by atoms with Gasteiger partial charge in [0.15, 0.2) is 11.6 Å². The van der Waals surface area contributed by atoms with E-state index in [4.69, 9.17) is 17.3 Å². The summed E-state index contributed by atoms with van der Waals surface area (Å²) in [6.45, 7) is 0. The van der Waals surface area contributed by atoms with E-state index in [2.05, 4.69) is 25.6 Å². The molecule has 0 bridgehead atoms. The van der Waals surface area contributed by atoms with E-state index in [-0.39, 0.29) is 22.3 Å². The number of nitrogens with zero attached hydrogens (tertiary/aromatic N) is 3. The van der Waals surface area contributed by atoms with Gasteiger partial charge in [-0.05, 0) is 6.07 Å². The van der Waals surface area contributed by atoms with Crippen molar-refractivity contribution in [2.45, 2.75) is 6.18 Å². The fourth-order valence-electron chi connectivity index (χ4n) is 1.49. The highest BCUT2D eigenvalue weighted by molar-refractivity contribution is 6.33. The van der Waals surface area contributed by atoms with Gasteiger partial charge in [0.1, 0.15) is 17.8 Å². The summed E-state index contributed by atoms with van der Waals surface area (Å²) in [7, 11) is 1.62. The highest BCUT2D eigenvalue weighted by Crippen LogP contribution is 2.34. The number of nitrogens with two attached hydrogens (primary N) is 1. The first-order valence-electron chi connectivity index (χ1n) is 5.61. The summed E-state index contributed by atoms with van der Waals surface area (Å²) < 4.78 is 37.6. The molecule has 10 heteroatoms. The van der Waals surface area contributed by atoms with Crippen LogP contribution in [-0.4, -0.2) is 22.0 Å². The molecule has 2 rings (SSSR count). The van der Waals surface area contributed by atoms with E-state index in [1.54, 1.807) is 7.05 Å². The smallest absolute Gasteiger partial charge is 0.393 e. The van der Waals surface area contributed by atoms with Gasteiger partial charge in [-0.15, -0.1) is 0 Å². The molecule has 0 aliphatic rings. The first kappa shape index (κ1) is 15.1. The van der Waals surface area contributed by atoms with Crippen LogP contribution in [0.5, 0.6) is 0 Å². The van der Waals surface area contributed by atoms with Gasteiger partial charge in [0.05, 0.1) is 10.6 Å².